The summed E-state index contributed by atoms with van der Waals surface area (Å²) in [5, 5.41) is 15.1. The van der Waals surface area contributed by atoms with E-state index in [1.54, 1.807) is 6.92 Å². The van der Waals surface area contributed by atoms with Gasteiger partial charge in [-0.15, -0.1) is 5.10 Å². The number of aryl methyl sites for hydroxylation is 3. The smallest absolute Gasteiger partial charge is 0.244 e. The average Bonchev–Trinajstić information content (AvgIpc) is 3.20. The van der Waals surface area contributed by atoms with E-state index in [4.69, 9.17) is 0 Å². The molecular weight excluding hydrogens is 304 g/mol. The number of aromatic nitrogens is 5. The first-order valence-electron chi connectivity index (χ1n) is 8.12. The van der Waals surface area contributed by atoms with Gasteiger partial charge in [-0.3, -0.25) is 4.79 Å². The molecule has 7 nitrogen and oxygen atoms in total. The van der Waals surface area contributed by atoms with Gasteiger partial charge in [0.25, 0.3) is 0 Å². The molecule has 0 aliphatic heterocycles. The van der Waals surface area contributed by atoms with Crippen molar-refractivity contribution in [2.24, 2.45) is 0 Å². The highest BCUT2D eigenvalue weighted by atomic mass is 16.2. The van der Waals surface area contributed by atoms with Crippen LogP contribution in [0.3, 0.4) is 0 Å². The van der Waals surface area contributed by atoms with Gasteiger partial charge >= 0.3 is 0 Å². The lowest BCUT2D eigenvalue weighted by molar-refractivity contribution is -0.124. The lowest BCUT2D eigenvalue weighted by Gasteiger charge is -2.12. The van der Waals surface area contributed by atoms with Crippen molar-refractivity contribution < 1.29 is 4.79 Å². The SMILES string of the molecule is CCc1[nH]c2c(CNC(=O)[C@H](C)n3cnnn3)cc(C)cc2c1C. The molecule has 0 spiro atoms. The van der Waals surface area contributed by atoms with E-state index in [0.29, 0.717) is 6.54 Å². The highest BCUT2D eigenvalue weighted by Crippen LogP contribution is 2.26. The van der Waals surface area contributed by atoms with E-state index in [1.165, 1.54) is 33.2 Å². The van der Waals surface area contributed by atoms with Gasteiger partial charge in [-0.05, 0) is 54.8 Å². The molecule has 1 atom stereocenters. The zero-order chi connectivity index (χ0) is 17.3. The maximum absolute atomic E-state index is 12.3. The second kappa shape index (κ2) is 6.43. The lowest BCUT2D eigenvalue weighted by Crippen LogP contribution is -2.31. The second-order valence-corrected chi connectivity index (χ2v) is 6.11. The number of fused-ring (bicyclic) bond motifs is 1. The standard InChI is InChI=1S/C17H22N6O/c1-5-15-11(3)14-7-10(2)6-13(16(14)20-15)8-18-17(24)12(4)23-9-19-21-22-23/h6-7,9,12,20H,5,8H2,1-4H3,(H,18,24)/t12-/m0/s1. The van der Waals surface area contributed by atoms with Crippen LogP contribution in [0.15, 0.2) is 18.5 Å². The fourth-order valence-electron chi connectivity index (χ4n) is 3.00. The number of amides is 1. The van der Waals surface area contributed by atoms with Gasteiger partial charge in [0.1, 0.15) is 12.4 Å². The number of aromatic amines is 1. The Morgan fingerprint density at radius 1 is 1.38 bits per heavy atom. The van der Waals surface area contributed by atoms with Crippen LogP contribution in [-0.2, 0) is 17.8 Å². The number of nitrogens with zero attached hydrogens (tertiary/aromatic N) is 4. The third kappa shape index (κ3) is 2.89. The minimum Gasteiger partial charge on any atom is -0.358 e. The van der Waals surface area contributed by atoms with Gasteiger partial charge in [0, 0.05) is 17.6 Å². The Hall–Kier alpha value is -2.70. The van der Waals surface area contributed by atoms with Crippen molar-refractivity contribution in [2.75, 3.05) is 0 Å². The molecule has 1 aromatic carbocycles. The van der Waals surface area contributed by atoms with Crippen molar-refractivity contribution in [3.63, 3.8) is 0 Å². The number of benzene rings is 1. The van der Waals surface area contributed by atoms with Gasteiger partial charge in [-0.1, -0.05) is 18.6 Å². The van der Waals surface area contributed by atoms with Crippen LogP contribution in [0.5, 0.6) is 0 Å². The number of rotatable bonds is 5. The van der Waals surface area contributed by atoms with Gasteiger partial charge in [0.15, 0.2) is 0 Å². The normalized spacial score (nSPS) is 12.5. The van der Waals surface area contributed by atoms with Crippen LogP contribution in [0.4, 0.5) is 0 Å². The zero-order valence-corrected chi connectivity index (χ0v) is 14.4. The maximum Gasteiger partial charge on any atom is 0.244 e. The molecule has 126 valence electrons. The van der Waals surface area contributed by atoms with Crippen LogP contribution < -0.4 is 5.32 Å². The number of hydrogen-bond acceptors (Lipinski definition) is 4. The molecule has 3 aromatic rings. The van der Waals surface area contributed by atoms with E-state index in [0.717, 1.165) is 17.5 Å². The van der Waals surface area contributed by atoms with Crippen LogP contribution in [0.1, 0.15) is 42.3 Å². The monoisotopic (exact) mass is 326 g/mol. The third-order valence-corrected chi connectivity index (χ3v) is 4.44. The van der Waals surface area contributed by atoms with Gasteiger partial charge in [0.2, 0.25) is 5.91 Å². The van der Waals surface area contributed by atoms with E-state index in [9.17, 15) is 4.79 Å². The Kier molecular flexibility index (Phi) is 4.33. The number of tetrazole rings is 1. The topological polar surface area (TPSA) is 88.5 Å². The number of carbonyl (C=O) groups excluding carboxylic acids is 1. The fraction of sp³-hybridized carbons (Fsp3) is 0.412. The van der Waals surface area contributed by atoms with E-state index in [2.05, 4.69) is 58.7 Å². The predicted molar refractivity (Wildman–Crippen MR) is 91.5 cm³/mol. The number of carbonyl (C=O) groups is 1. The van der Waals surface area contributed by atoms with Crippen LogP contribution >= 0.6 is 0 Å². The van der Waals surface area contributed by atoms with Crippen molar-refractivity contribution in [3.05, 3.63) is 40.8 Å². The minimum atomic E-state index is -0.447. The van der Waals surface area contributed by atoms with Gasteiger partial charge in [-0.25, -0.2) is 4.68 Å². The molecule has 24 heavy (non-hydrogen) atoms. The minimum absolute atomic E-state index is 0.115. The first kappa shape index (κ1) is 16.2. The van der Waals surface area contributed by atoms with Crippen molar-refractivity contribution in [1.82, 2.24) is 30.5 Å². The predicted octanol–water partition coefficient (Wildman–Crippen LogP) is 2.21. The summed E-state index contributed by atoms with van der Waals surface area (Å²) in [6.45, 7) is 8.59. The summed E-state index contributed by atoms with van der Waals surface area (Å²) in [7, 11) is 0. The molecule has 2 N–H and O–H groups in total. The maximum atomic E-state index is 12.3. The Balaban J connectivity index is 1.83. The summed E-state index contributed by atoms with van der Waals surface area (Å²) in [5.74, 6) is -0.115. The summed E-state index contributed by atoms with van der Waals surface area (Å²) >= 11 is 0. The summed E-state index contributed by atoms with van der Waals surface area (Å²) in [4.78, 5) is 15.8. The first-order chi connectivity index (χ1) is 11.5. The molecule has 2 aromatic heterocycles. The van der Waals surface area contributed by atoms with Crippen LogP contribution in [0.25, 0.3) is 10.9 Å². The van der Waals surface area contributed by atoms with E-state index >= 15 is 0 Å². The lowest BCUT2D eigenvalue weighted by atomic mass is 10.0. The van der Waals surface area contributed by atoms with E-state index in [1.807, 2.05) is 0 Å². The third-order valence-electron chi connectivity index (χ3n) is 4.44. The van der Waals surface area contributed by atoms with Crippen molar-refractivity contribution in [1.29, 1.82) is 0 Å². The molecule has 7 heteroatoms. The van der Waals surface area contributed by atoms with Crippen molar-refractivity contribution >= 4 is 16.8 Å². The molecule has 0 bridgehead atoms. The van der Waals surface area contributed by atoms with Crippen molar-refractivity contribution in [3.8, 4) is 0 Å². The fourth-order valence-corrected chi connectivity index (χ4v) is 3.00. The number of H-pyrrole nitrogens is 1. The Morgan fingerprint density at radius 3 is 2.83 bits per heavy atom. The largest absolute Gasteiger partial charge is 0.358 e. The highest BCUT2D eigenvalue weighted by Gasteiger charge is 2.17. The Labute approximate surface area is 140 Å². The quantitative estimate of drug-likeness (QED) is 0.752. The van der Waals surface area contributed by atoms with E-state index in [-0.39, 0.29) is 5.91 Å². The second-order valence-electron chi connectivity index (χ2n) is 6.11. The van der Waals surface area contributed by atoms with Crippen LogP contribution in [0.2, 0.25) is 0 Å². The molecule has 0 fully saturated rings. The molecule has 3 rings (SSSR count). The summed E-state index contributed by atoms with van der Waals surface area (Å²) < 4.78 is 1.44. The number of nitrogens with one attached hydrogen (secondary N) is 2. The molecule has 0 saturated carbocycles. The highest BCUT2D eigenvalue weighted by molar-refractivity contribution is 5.88. The first-order valence-corrected chi connectivity index (χ1v) is 8.12. The Morgan fingerprint density at radius 2 is 2.17 bits per heavy atom. The summed E-state index contributed by atoms with van der Waals surface area (Å²) in [6, 6.07) is 3.85. The van der Waals surface area contributed by atoms with Crippen LogP contribution in [0, 0.1) is 13.8 Å². The molecule has 0 aliphatic carbocycles. The van der Waals surface area contributed by atoms with Gasteiger partial charge < -0.3 is 10.3 Å². The zero-order valence-electron chi connectivity index (χ0n) is 14.4. The molecule has 2 heterocycles. The van der Waals surface area contributed by atoms with Gasteiger partial charge in [-0.2, -0.15) is 0 Å². The van der Waals surface area contributed by atoms with Crippen molar-refractivity contribution in [2.45, 2.75) is 46.7 Å². The number of hydrogen-bond donors (Lipinski definition) is 2. The average molecular weight is 326 g/mol. The Bertz CT molecular complexity index is 865. The molecular formula is C17H22N6O. The molecule has 0 radical (unpaired) electrons. The van der Waals surface area contributed by atoms with Gasteiger partial charge in [0.05, 0.1) is 5.52 Å². The van der Waals surface area contributed by atoms with Crippen LogP contribution in [-0.4, -0.2) is 31.1 Å². The van der Waals surface area contributed by atoms with E-state index < -0.39 is 6.04 Å². The summed E-state index contributed by atoms with van der Waals surface area (Å²) in [6.07, 6.45) is 2.40. The molecule has 1 amide bonds. The molecule has 0 unspecified atom stereocenters. The summed E-state index contributed by atoms with van der Waals surface area (Å²) in [5.41, 5.74) is 5.90. The molecule has 0 saturated heterocycles. The molecule has 0 aliphatic rings.